The number of rotatable bonds is 5. The van der Waals surface area contributed by atoms with Gasteiger partial charge in [-0.15, -0.1) is 0 Å². The minimum absolute atomic E-state index is 0.433. The number of carboxylic acids is 1. The predicted octanol–water partition coefficient (Wildman–Crippen LogP) is 1.99. The molecule has 2 amide bonds. The third-order valence-corrected chi connectivity index (χ3v) is 6.30. The summed E-state index contributed by atoms with van der Waals surface area (Å²) in [7, 11) is 0. The molecule has 0 saturated carbocycles. The number of fused-ring (bicyclic) bond motifs is 1. The van der Waals surface area contributed by atoms with Gasteiger partial charge in [0.15, 0.2) is 5.54 Å². The molecule has 4 rings (SSSR count). The second-order valence-corrected chi connectivity index (χ2v) is 8.09. The van der Waals surface area contributed by atoms with Crippen LogP contribution in [-0.2, 0) is 14.4 Å². The van der Waals surface area contributed by atoms with Gasteiger partial charge in [-0.25, -0.2) is 4.90 Å². The van der Waals surface area contributed by atoms with E-state index in [2.05, 4.69) is 5.32 Å². The van der Waals surface area contributed by atoms with Crippen LogP contribution >= 0.6 is 0 Å². The number of aliphatic hydroxyl groups excluding tert-OH is 1. The first kappa shape index (κ1) is 21.0. The third kappa shape index (κ3) is 3.17. The molecule has 2 fully saturated rings. The second-order valence-electron chi connectivity index (χ2n) is 8.09. The number of nitrogens with zero attached hydrogens (tertiary/aromatic N) is 1. The van der Waals surface area contributed by atoms with Crippen molar-refractivity contribution in [2.75, 3.05) is 4.90 Å². The number of benzene rings is 2. The van der Waals surface area contributed by atoms with Gasteiger partial charge in [0.1, 0.15) is 0 Å². The zero-order valence-corrected chi connectivity index (χ0v) is 17.2. The molecule has 3 N–H and O–H groups in total. The number of aliphatic carboxylic acids is 1. The number of imide groups is 1. The molecule has 0 spiro atoms. The van der Waals surface area contributed by atoms with Crippen LogP contribution in [0.4, 0.5) is 5.69 Å². The van der Waals surface area contributed by atoms with Crippen LogP contribution in [0.5, 0.6) is 0 Å². The first-order chi connectivity index (χ1) is 14.8. The van der Waals surface area contributed by atoms with Crippen molar-refractivity contribution in [2.45, 2.75) is 31.5 Å². The summed E-state index contributed by atoms with van der Waals surface area (Å²) in [6.45, 7) is 3.11. The summed E-state index contributed by atoms with van der Waals surface area (Å²) in [5, 5.41) is 23.5. The fourth-order valence-corrected chi connectivity index (χ4v) is 4.74. The highest BCUT2D eigenvalue weighted by Gasteiger charge is 2.69. The van der Waals surface area contributed by atoms with Crippen molar-refractivity contribution in [3.05, 3.63) is 71.8 Å². The lowest BCUT2D eigenvalue weighted by atomic mass is 9.77. The van der Waals surface area contributed by atoms with Crippen molar-refractivity contribution >= 4 is 29.5 Å². The number of aryl methyl sites for hydroxylation is 1. The van der Waals surface area contributed by atoms with Crippen molar-refractivity contribution in [2.24, 2.45) is 11.8 Å². The van der Waals surface area contributed by atoms with E-state index in [0.29, 0.717) is 5.69 Å². The standard InChI is InChI=1S/C24H24N2O5/c1-14-8-6-7-11-18(14)26-21(28)19-17(13-12-16-9-4-3-5-10-16)25-24(15(2)27,23(30)31)20(19)22(26)29/h3-13,15,17,19-20,25,27H,1-2H3,(H,30,31). The second kappa shape index (κ2) is 7.76. The molecule has 5 atom stereocenters. The van der Waals surface area contributed by atoms with Crippen molar-refractivity contribution in [1.82, 2.24) is 5.32 Å². The Hall–Kier alpha value is -3.29. The van der Waals surface area contributed by atoms with Crippen LogP contribution < -0.4 is 10.2 Å². The van der Waals surface area contributed by atoms with E-state index in [1.54, 1.807) is 43.3 Å². The van der Waals surface area contributed by atoms with E-state index >= 15 is 0 Å². The summed E-state index contributed by atoms with van der Waals surface area (Å²) in [6, 6.07) is 15.6. The molecule has 0 aliphatic carbocycles. The lowest BCUT2D eigenvalue weighted by Gasteiger charge is -2.33. The monoisotopic (exact) mass is 420 g/mol. The Balaban J connectivity index is 1.81. The SMILES string of the molecule is Cc1ccccc1N1C(=O)C2C(C=Cc3ccccc3)NC(C(=O)O)(C(C)O)C2C1=O. The van der Waals surface area contributed by atoms with Gasteiger partial charge < -0.3 is 10.2 Å². The van der Waals surface area contributed by atoms with Crippen molar-refractivity contribution in [1.29, 1.82) is 0 Å². The predicted molar refractivity (Wildman–Crippen MR) is 115 cm³/mol. The maximum Gasteiger partial charge on any atom is 0.327 e. The summed E-state index contributed by atoms with van der Waals surface area (Å²) in [5.74, 6) is -4.62. The number of nitrogens with one attached hydrogen (secondary N) is 1. The van der Waals surface area contributed by atoms with Crippen molar-refractivity contribution in [3.8, 4) is 0 Å². The molecule has 0 radical (unpaired) electrons. The fraction of sp³-hybridized carbons (Fsp3) is 0.292. The van der Waals surface area contributed by atoms with E-state index in [1.165, 1.54) is 6.92 Å². The molecule has 5 unspecified atom stereocenters. The minimum atomic E-state index is -1.97. The normalized spacial score (nSPS) is 28.9. The molecule has 2 aliphatic rings. The smallest absolute Gasteiger partial charge is 0.327 e. The number of hydrogen-bond donors (Lipinski definition) is 3. The molecule has 7 heteroatoms. The number of carboxylic acid groups (broad SMARTS) is 1. The summed E-state index contributed by atoms with van der Waals surface area (Å²) in [6.07, 6.45) is 2.08. The zero-order valence-electron chi connectivity index (χ0n) is 17.2. The van der Waals surface area contributed by atoms with Crippen LogP contribution in [0.15, 0.2) is 60.7 Å². The van der Waals surface area contributed by atoms with Gasteiger partial charge in [0.25, 0.3) is 0 Å². The van der Waals surface area contributed by atoms with Crippen LogP contribution in [0.1, 0.15) is 18.1 Å². The quantitative estimate of drug-likeness (QED) is 0.639. The lowest BCUT2D eigenvalue weighted by molar-refractivity contribution is -0.154. The molecular formula is C24H24N2O5. The van der Waals surface area contributed by atoms with E-state index in [0.717, 1.165) is 16.0 Å². The van der Waals surface area contributed by atoms with Gasteiger partial charge in [0.2, 0.25) is 11.8 Å². The molecule has 0 aromatic heterocycles. The number of para-hydroxylation sites is 1. The van der Waals surface area contributed by atoms with E-state index in [1.807, 2.05) is 30.3 Å². The van der Waals surface area contributed by atoms with Gasteiger partial charge >= 0.3 is 5.97 Å². The van der Waals surface area contributed by atoms with Crippen LogP contribution in [0, 0.1) is 18.8 Å². The number of carbonyl (C=O) groups excluding carboxylic acids is 2. The van der Waals surface area contributed by atoms with E-state index in [-0.39, 0.29) is 0 Å². The van der Waals surface area contributed by atoms with Gasteiger partial charge in [0, 0.05) is 6.04 Å². The fourth-order valence-electron chi connectivity index (χ4n) is 4.74. The summed E-state index contributed by atoms with van der Waals surface area (Å²) >= 11 is 0. The molecule has 2 aliphatic heterocycles. The number of aliphatic hydroxyl groups is 1. The minimum Gasteiger partial charge on any atom is -0.480 e. The molecule has 2 heterocycles. The molecular weight excluding hydrogens is 396 g/mol. The Labute approximate surface area is 180 Å². The van der Waals surface area contributed by atoms with Crippen molar-refractivity contribution < 1.29 is 24.6 Å². The summed E-state index contributed by atoms with van der Waals surface area (Å²) in [4.78, 5) is 40.4. The molecule has 2 saturated heterocycles. The summed E-state index contributed by atoms with van der Waals surface area (Å²) in [5.41, 5.74) is 0.0629. The van der Waals surface area contributed by atoms with Crippen LogP contribution in [0.25, 0.3) is 6.08 Å². The Kier molecular flexibility index (Phi) is 5.24. The number of amides is 2. The highest BCUT2D eigenvalue weighted by molar-refractivity contribution is 6.24. The first-order valence-corrected chi connectivity index (χ1v) is 10.1. The van der Waals surface area contributed by atoms with Gasteiger partial charge in [-0.3, -0.25) is 19.7 Å². The topological polar surface area (TPSA) is 107 Å². The average Bonchev–Trinajstić information content (AvgIpc) is 3.23. The molecule has 0 bridgehead atoms. The first-order valence-electron chi connectivity index (χ1n) is 10.1. The van der Waals surface area contributed by atoms with Crippen molar-refractivity contribution in [3.63, 3.8) is 0 Å². The van der Waals surface area contributed by atoms with Gasteiger partial charge in [-0.2, -0.15) is 0 Å². The number of anilines is 1. The number of hydrogen-bond acceptors (Lipinski definition) is 5. The van der Waals surface area contributed by atoms with Gasteiger partial charge in [0.05, 0.1) is 23.6 Å². The molecule has 7 nitrogen and oxygen atoms in total. The highest BCUT2D eigenvalue weighted by Crippen LogP contribution is 2.46. The number of carbonyl (C=O) groups is 3. The van der Waals surface area contributed by atoms with Crippen LogP contribution in [0.3, 0.4) is 0 Å². The van der Waals surface area contributed by atoms with E-state index < -0.39 is 47.3 Å². The third-order valence-electron chi connectivity index (χ3n) is 6.30. The zero-order chi connectivity index (χ0) is 22.3. The Morgan fingerprint density at radius 1 is 1.10 bits per heavy atom. The highest BCUT2D eigenvalue weighted by atomic mass is 16.4. The maximum absolute atomic E-state index is 13.5. The van der Waals surface area contributed by atoms with Gasteiger partial charge in [-0.05, 0) is 31.0 Å². The largest absolute Gasteiger partial charge is 0.480 e. The summed E-state index contributed by atoms with van der Waals surface area (Å²) < 4.78 is 0. The Morgan fingerprint density at radius 2 is 1.74 bits per heavy atom. The molecule has 160 valence electrons. The average molecular weight is 420 g/mol. The molecule has 2 aromatic rings. The maximum atomic E-state index is 13.5. The van der Waals surface area contributed by atoms with Crippen LogP contribution in [-0.4, -0.2) is 45.7 Å². The van der Waals surface area contributed by atoms with E-state index in [4.69, 9.17) is 0 Å². The van der Waals surface area contributed by atoms with E-state index in [9.17, 15) is 24.6 Å². The van der Waals surface area contributed by atoms with Crippen LogP contribution in [0.2, 0.25) is 0 Å². The Morgan fingerprint density at radius 3 is 2.35 bits per heavy atom. The lowest BCUT2D eigenvalue weighted by Crippen LogP contribution is -2.63. The molecule has 2 aromatic carbocycles. The molecule has 31 heavy (non-hydrogen) atoms. The van der Waals surface area contributed by atoms with Gasteiger partial charge in [-0.1, -0.05) is 60.7 Å². The Bertz CT molecular complexity index is 1060.